The van der Waals surface area contributed by atoms with Crippen molar-refractivity contribution in [2.75, 3.05) is 12.0 Å². The van der Waals surface area contributed by atoms with E-state index in [4.69, 9.17) is 14.7 Å². The van der Waals surface area contributed by atoms with Gasteiger partial charge in [0.1, 0.15) is 11.6 Å². The van der Waals surface area contributed by atoms with Gasteiger partial charge in [-0.15, -0.1) is 0 Å². The molecule has 6 rings (SSSR count). The number of hydrogen-bond acceptors (Lipinski definition) is 4. The van der Waals surface area contributed by atoms with Gasteiger partial charge in [-0.1, -0.05) is 24.3 Å². The van der Waals surface area contributed by atoms with Crippen molar-refractivity contribution in [3.05, 3.63) is 84.1 Å². The molecule has 168 valence electrons. The van der Waals surface area contributed by atoms with Crippen LogP contribution < -0.4 is 9.64 Å². The second kappa shape index (κ2) is 7.42. The maximum absolute atomic E-state index is 13.5. The van der Waals surface area contributed by atoms with E-state index in [0.29, 0.717) is 6.54 Å². The first kappa shape index (κ1) is 20.4. The zero-order valence-electron chi connectivity index (χ0n) is 19.3. The summed E-state index contributed by atoms with van der Waals surface area (Å²) in [5.41, 5.74) is 5.76. The van der Waals surface area contributed by atoms with E-state index in [-0.39, 0.29) is 5.91 Å². The van der Waals surface area contributed by atoms with Crippen molar-refractivity contribution in [1.82, 2.24) is 15.0 Å². The van der Waals surface area contributed by atoms with Gasteiger partial charge in [0, 0.05) is 10.9 Å². The molecule has 5 aromatic rings. The van der Waals surface area contributed by atoms with Gasteiger partial charge < -0.3 is 14.6 Å². The number of benzene rings is 3. The van der Waals surface area contributed by atoms with E-state index in [1.165, 1.54) is 0 Å². The fraction of sp³-hybridized carbons (Fsp3) is 0.179. The molecule has 1 amide bonds. The largest absolute Gasteiger partial charge is 0.497 e. The summed E-state index contributed by atoms with van der Waals surface area (Å²) in [6.45, 7) is 4.38. The number of fused-ring (bicyclic) bond motifs is 3. The van der Waals surface area contributed by atoms with Gasteiger partial charge in [-0.05, 0) is 67.9 Å². The van der Waals surface area contributed by atoms with Crippen LogP contribution in [0.25, 0.3) is 33.3 Å². The maximum Gasteiger partial charge on any atom is 0.237 e. The van der Waals surface area contributed by atoms with Crippen molar-refractivity contribution < 1.29 is 9.53 Å². The molecule has 0 unspecified atom stereocenters. The van der Waals surface area contributed by atoms with Crippen molar-refractivity contribution in [3.8, 4) is 17.1 Å². The average molecular weight is 449 g/mol. The Morgan fingerprint density at radius 2 is 1.74 bits per heavy atom. The van der Waals surface area contributed by atoms with Crippen LogP contribution in [0.2, 0.25) is 0 Å². The third-order valence-corrected chi connectivity index (χ3v) is 6.68. The van der Waals surface area contributed by atoms with Gasteiger partial charge >= 0.3 is 0 Å². The first-order valence-electron chi connectivity index (χ1n) is 11.3. The van der Waals surface area contributed by atoms with Gasteiger partial charge in [0.05, 0.1) is 47.0 Å². The molecule has 0 saturated heterocycles. The predicted octanol–water partition coefficient (Wildman–Crippen LogP) is 5.61. The van der Waals surface area contributed by atoms with Crippen molar-refractivity contribution in [2.45, 2.75) is 25.8 Å². The third-order valence-electron chi connectivity index (χ3n) is 6.68. The molecule has 1 aliphatic rings. The molecule has 0 atom stereocenters. The van der Waals surface area contributed by atoms with E-state index in [2.05, 4.69) is 17.1 Å². The number of para-hydroxylation sites is 1. The van der Waals surface area contributed by atoms with Gasteiger partial charge in [0.25, 0.3) is 0 Å². The van der Waals surface area contributed by atoms with Crippen LogP contribution >= 0.6 is 0 Å². The van der Waals surface area contributed by atoms with Crippen LogP contribution in [0.4, 0.5) is 5.69 Å². The molecule has 3 aromatic carbocycles. The monoisotopic (exact) mass is 448 g/mol. The van der Waals surface area contributed by atoms with E-state index < -0.39 is 5.41 Å². The maximum atomic E-state index is 13.5. The van der Waals surface area contributed by atoms with Crippen LogP contribution in [0.5, 0.6) is 5.75 Å². The van der Waals surface area contributed by atoms with Crippen LogP contribution in [0.15, 0.2) is 72.8 Å². The highest BCUT2D eigenvalue weighted by atomic mass is 16.5. The number of aromatic amines is 1. The Labute approximate surface area is 197 Å². The molecule has 0 bridgehead atoms. The fourth-order valence-corrected chi connectivity index (χ4v) is 4.73. The van der Waals surface area contributed by atoms with Crippen LogP contribution in [0.1, 0.15) is 25.1 Å². The van der Waals surface area contributed by atoms with E-state index in [1.54, 1.807) is 7.11 Å². The molecule has 1 aliphatic heterocycles. The SMILES string of the molecule is COc1ccc(-c2nc3cc4c(cc3[nH]2)C(C)(C)C(=O)N4Cc2ccc3ccccc3n2)cc1. The highest BCUT2D eigenvalue weighted by molar-refractivity contribution is 6.09. The van der Waals surface area contributed by atoms with Crippen molar-refractivity contribution in [3.63, 3.8) is 0 Å². The van der Waals surface area contributed by atoms with E-state index >= 15 is 0 Å². The standard InChI is InChI=1S/C28H24N4O2/c1-28(2)21-14-23-24(31-26(30-23)18-9-12-20(34-3)13-10-18)15-25(21)32(27(28)33)16-19-11-8-17-6-4-5-7-22(17)29-19/h4-15H,16H2,1-3H3,(H,30,31). The summed E-state index contributed by atoms with van der Waals surface area (Å²) in [7, 11) is 1.65. The molecule has 0 fully saturated rings. The zero-order valence-corrected chi connectivity index (χ0v) is 19.3. The predicted molar refractivity (Wildman–Crippen MR) is 134 cm³/mol. The number of nitrogens with zero attached hydrogens (tertiary/aromatic N) is 3. The summed E-state index contributed by atoms with van der Waals surface area (Å²) in [6.07, 6.45) is 0. The van der Waals surface area contributed by atoms with Crippen LogP contribution in [-0.2, 0) is 16.8 Å². The topological polar surface area (TPSA) is 71.1 Å². The lowest BCUT2D eigenvalue weighted by Gasteiger charge is -2.20. The quantitative estimate of drug-likeness (QED) is 0.388. The van der Waals surface area contributed by atoms with Gasteiger partial charge in [-0.3, -0.25) is 9.78 Å². The fourth-order valence-electron chi connectivity index (χ4n) is 4.73. The minimum absolute atomic E-state index is 0.0699. The first-order chi connectivity index (χ1) is 16.4. The second-order valence-corrected chi connectivity index (χ2v) is 9.21. The Kier molecular flexibility index (Phi) is 4.45. The Morgan fingerprint density at radius 3 is 2.53 bits per heavy atom. The molecule has 34 heavy (non-hydrogen) atoms. The average Bonchev–Trinajstić information content (AvgIpc) is 3.36. The molecule has 6 nitrogen and oxygen atoms in total. The summed E-state index contributed by atoms with van der Waals surface area (Å²) in [5.74, 6) is 1.66. The Balaban J connectivity index is 1.41. The molecular formula is C28H24N4O2. The Hall–Kier alpha value is -4.19. The van der Waals surface area contributed by atoms with E-state index in [0.717, 1.165) is 56.0 Å². The van der Waals surface area contributed by atoms with Gasteiger partial charge in [-0.2, -0.15) is 0 Å². The van der Waals surface area contributed by atoms with E-state index in [1.807, 2.05) is 79.4 Å². The number of nitrogens with one attached hydrogen (secondary N) is 1. The van der Waals surface area contributed by atoms with Crippen molar-refractivity contribution in [1.29, 1.82) is 0 Å². The van der Waals surface area contributed by atoms with Gasteiger partial charge in [0.15, 0.2) is 0 Å². The smallest absolute Gasteiger partial charge is 0.237 e. The van der Waals surface area contributed by atoms with Crippen LogP contribution in [0.3, 0.4) is 0 Å². The minimum Gasteiger partial charge on any atom is -0.497 e. The van der Waals surface area contributed by atoms with Gasteiger partial charge in [-0.25, -0.2) is 4.98 Å². The number of pyridine rings is 1. The number of H-pyrrole nitrogens is 1. The number of rotatable bonds is 4. The highest BCUT2D eigenvalue weighted by Gasteiger charge is 2.44. The molecule has 0 radical (unpaired) electrons. The number of hydrogen-bond donors (Lipinski definition) is 1. The van der Waals surface area contributed by atoms with Crippen molar-refractivity contribution >= 4 is 33.5 Å². The number of aromatic nitrogens is 3. The molecule has 3 heterocycles. The lowest BCUT2D eigenvalue weighted by molar-refractivity contribution is -0.122. The van der Waals surface area contributed by atoms with Crippen LogP contribution in [-0.4, -0.2) is 28.0 Å². The highest BCUT2D eigenvalue weighted by Crippen LogP contribution is 2.44. The summed E-state index contributed by atoms with van der Waals surface area (Å²) in [5, 5.41) is 1.09. The number of methoxy groups -OCH3 is 1. The number of anilines is 1. The molecule has 0 aliphatic carbocycles. The van der Waals surface area contributed by atoms with Crippen molar-refractivity contribution in [2.24, 2.45) is 0 Å². The summed E-state index contributed by atoms with van der Waals surface area (Å²) in [4.78, 5) is 28.3. The number of ether oxygens (including phenoxy) is 1. The summed E-state index contributed by atoms with van der Waals surface area (Å²) < 4.78 is 5.26. The molecule has 0 spiro atoms. The normalized spacial score (nSPS) is 14.7. The zero-order chi connectivity index (χ0) is 23.4. The molecule has 1 N–H and O–H groups in total. The second-order valence-electron chi connectivity index (χ2n) is 9.21. The lowest BCUT2D eigenvalue weighted by Crippen LogP contribution is -2.35. The van der Waals surface area contributed by atoms with Gasteiger partial charge in [0.2, 0.25) is 5.91 Å². The number of carbonyl (C=O) groups is 1. The number of carbonyl (C=O) groups excluding carboxylic acids is 1. The summed E-state index contributed by atoms with van der Waals surface area (Å²) >= 11 is 0. The molecule has 0 saturated carbocycles. The molecular weight excluding hydrogens is 424 g/mol. The third kappa shape index (κ3) is 3.14. The molecule has 2 aromatic heterocycles. The Bertz CT molecular complexity index is 1570. The minimum atomic E-state index is -0.633. The molecule has 6 heteroatoms. The van der Waals surface area contributed by atoms with E-state index in [9.17, 15) is 4.79 Å². The Morgan fingerprint density at radius 1 is 0.941 bits per heavy atom. The lowest BCUT2D eigenvalue weighted by atomic mass is 9.86. The summed E-state index contributed by atoms with van der Waals surface area (Å²) in [6, 6.07) is 24.0. The number of imidazole rings is 1. The first-order valence-corrected chi connectivity index (χ1v) is 11.3. The number of amides is 1. The van der Waals surface area contributed by atoms with Crippen LogP contribution in [0, 0.1) is 0 Å².